The predicted octanol–water partition coefficient (Wildman–Crippen LogP) is 3.13. The van der Waals surface area contributed by atoms with Crippen LogP contribution in [-0.2, 0) is 4.79 Å². The van der Waals surface area contributed by atoms with E-state index in [1.54, 1.807) is 13.0 Å². The minimum absolute atomic E-state index is 0.320. The molecule has 0 aliphatic heterocycles. The van der Waals surface area contributed by atoms with Gasteiger partial charge in [0.05, 0.1) is 0 Å². The maximum Gasteiger partial charge on any atom is 0.329 e. The molecule has 110 valence electrons. The lowest BCUT2D eigenvalue weighted by Gasteiger charge is -2.25. The normalized spacial score (nSPS) is 13.7. The molecule has 0 bridgehead atoms. The highest BCUT2D eigenvalue weighted by Gasteiger charge is 2.33. The van der Waals surface area contributed by atoms with Crippen LogP contribution < -0.4 is 5.32 Å². The third kappa shape index (κ3) is 2.75. The highest BCUT2D eigenvalue weighted by Crippen LogP contribution is 2.22. The van der Waals surface area contributed by atoms with E-state index in [1.165, 1.54) is 6.92 Å². The van der Waals surface area contributed by atoms with Crippen LogP contribution in [0, 0.1) is 6.92 Å². The van der Waals surface area contributed by atoms with Crippen LogP contribution in [0.3, 0.4) is 0 Å². The van der Waals surface area contributed by atoms with Crippen LogP contribution in [-0.4, -0.2) is 22.5 Å². The summed E-state index contributed by atoms with van der Waals surface area (Å²) in [6.45, 7) is 5.13. The molecule has 2 N–H and O–H groups in total. The first-order valence-electron chi connectivity index (χ1n) is 6.93. The molecule has 0 aromatic heterocycles. The molecule has 0 heterocycles. The summed E-state index contributed by atoms with van der Waals surface area (Å²) in [7, 11) is 0. The zero-order valence-corrected chi connectivity index (χ0v) is 12.4. The summed E-state index contributed by atoms with van der Waals surface area (Å²) in [6, 6.07) is 11.4. The number of hydrogen-bond acceptors (Lipinski definition) is 2. The van der Waals surface area contributed by atoms with Crippen molar-refractivity contribution in [2.24, 2.45) is 0 Å². The number of nitrogens with one attached hydrogen (secondary N) is 1. The van der Waals surface area contributed by atoms with Gasteiger partial charge in [0.1, 0.15) is 5.54 Å². The van der Waals surface area contributed by atoms with E-state index in [1.807, 2.05) is 37.3 Å². The minimum Gasteiger partial charge on any atom is -0.480 e. The van der Waals surface area contributed by atoms with Gasteiger partial charge in [-0.2, -0.15) is 0 Å². The highest BCUT2D eigenvalue weighted by atomic mass is 16.4. The zero-order chi connectivity index (χ0) is 15.6. The van der Waals surface area contributed by atoms with Crippen molar-refractivity contribution in [2.75, 3.05) is 0 Å². The van der Waals surface area contributed by atoms with Gasteiger partial charge in [-0.15, -0.1) is 0 Å². The first-order valence-corrected chi connectivity index (χ1v) is 6.93. The third-order valence-corrected chi connectivity index (χ3v) is 4.01. The Bertz CT molecular complexity index is 708. The maximum atomic E-state index is 12.4. The van der Waals surface area contributed by atoms with Crippen LogP contribution in [0.1, 0.15) is 36.2 Å². The number of hydrogen-bond donors (Lipinski definition) is 2. The second-order valence-electron chi connectivity index (χ2n) is 5.40. The maximum absolute atomic E-state index is 12.4. The lowest BCUT2D eigenvalue weighted by atomic mass is 9.96. The standard InChI is InChI=1S/C17H19NO3/c1-4-17(3,16(20)21)18-15(19)14-10-9-12-7-5-6-8-13(12)11(14)2/h5-10H,4H2,1-3H3,(H,18,19)(H,20,21). The molecular formula is C17H19NO3. The fraction of sp³-hybridized carbons (Fsp3) is 0.294. The van der Waals surface area contributed by atoms with Crippen molar-refractivity contribution in [3.8, 4) is 0 Å². The quantitative estimate of drug-likeness (QED) is 0.907. The van der Waals surface area contributed by atoms with Gasteiger partial charge in [-0.3, -0.25) is 4.79 Å². The molecule has 0 saturated carbocycles. The molecule has 0 aliphatic carbocycles. The lowest BCUT2D eigenvalue weighted by Crippen LogP contribution is -2.51. The second kappa shape index (κ2) is 5.56. The van der Waals surface area contributed by atoms with Crippen molar-refractivity contribution in [3.63, 3.8) is 0 Å². The Labute approximate surface area is 123 Å². The van der Waals surface area contributed by atoms with E-state index < -0.39 is 11.5 Å². The van der Waals surface area contributed by atoms with Gasteiger partial charge in [0, 0.05) is 5.56 Å². The third-order valence-electron chi connectivity index (χ3n) is 4.01. The lowest BCUT2D eigenvalue weighted by molar-refractivity contribution is -0.143. The molecule has 4 heteroatoms. The van der Waals surface area contributed by atoms with Gasteiger partial charge < -0.3 is 10.4 Å². The Morgan fingerprint density at radius 1 is 1.19 bits per heavy atom. The van der Waals surface area contributed by atoms with Crippen molar-refractivity contribution in [2.45, 2.75) is 32.7 Å². The van der Waals surface area contributed by atoms with E-state index in [0.717, 1.165) is 16.3 Å². The van der Waals surface area contributed by atoms with E-state index in [9.17, 15) is 14.7 Å². The Hall–Kier alpha value is -2.36. The van der Waals surface area contributed by atoms with Crippen molar-refractivity contribution in [3.05, 3.63) is 47.5 Å². The Morgan fingerprint density at radius 2 is 1.86 bits per heavy atom. The SMILES string of the molecule is CCC(C)(NC(=O)c1ccc2ccccc2c1C)C(=O)O. The van der Waals surface area contributed by atoms with E-state index in [-0.39, 0.29) is 5.91 Å². The number of aryl methyl sites for hydroxylation is 1. The summed E-state index contributed by atoms with van der Waals surface area (Å²) in [6.07, 6.45) is 0.320. The van der Waals surface area contributed by atoms with Crippen LogP contribution in [0.4, 0.5) is 0 Å². The molecule has 0 fully saturated rings. The number of carbonyl (C=O) groups excluding carboxylic acids is 1. The second-order valence-corrected chi connectivity index (χ2v) is 5.40. The van der Waals surface area contributed by atoms with Crippen LogP contribution in [0.15, 0.2) is 36.4 Å². The van der Waals surface area contributed by atoms with Gasteiger partial charge in [-0.1, -0.05) is 37.3 Å². The molecule has 2 aromatic carbocycles. The van der Waals surface area contributed by atoms with Crippen molar-refractivity contribution < 1.29 is 14.7 Å². The van der Waals surface area contributed by atoms with Crippen LogP contribution in [0.2, 0.25) is 0 Å². The summed E-state index contributed by atoms with van der Waals surface area (Å²) in [4.78, 5) is 23.7. The first kappa shape index (κ1) is 15.0. The fourth-order valence-electron chi connectivity index (χ4n) is 2.28. The molecule has 1 unspecified atom stereocenters. The number of fused-ring (bicyclic) bond motifs is 1. The van der Waals surface area contributed by atoms with Crippen molar-refractivity contribution in [1.82, 2.24) is 5.32 Å². The number of carboxylic acid groups (broad SMARTS) is 1. The van der Waals surface area contributed by atoms with E-state index in [0.29, 0.717) is 12.0 Å². The summed E-state index contributed by atoms with van der Waals surface area (Å²) < 4.78 is 0. The highest BCUT2D eigenvalue weighted by molar-refractivity contribution is 6.03. The Morgan fingerprint density at radius 3 is 2.48 bits per heavy atom. The monoisotopic (exact) mass is 285 g/mol. The van der Waals surface area contributed by atoms with Crippen LogP contribution >= 0.6 is 0 Å². The summed E-state index contributed by atoms with van der Waals surface area (Å²) >= 11 is 0. The molecule has 2 rings (SSSR count). The van der Waals surface area contributed by atoms with Gasteiger partial charge in [0.15, 0.2) is 0 Å². The number of carbonyl (C=O) groups is 2. The summed E-state index contributed by atoms with van der Waals surface area (Å²) in [5.41, 5.74) is 0.110. The van der Waals surface area contributed by atoms with E-state index >= 15 is 0 Å². The average Bonchev–Trinajstić information content (AvgIpc) is 2.47. The van der Waals surface area contributed by atoms with Crippen LogP contribution in [0.5, 0.6) is 0 Å². The number of aliphatic carboxylic acids is 1. The topological polar surface area (TPSA) is 66.4 Å². The number of amides is 1. The van der Waals surface area contributed by atoms with E-state index in [2.05, 4.69) is 5.32 Å². The van der Waals surface area contributed by atoms with E-state index in [4.69, 9.17) is 0 Å². The van der Waals surface area contributed by atoms with Gasteiger partial charge in [-0.05, 0) is 42.7 Å². The molecule has 0 spiro atoms. The van der Waals surface area contributed by atoms with Crippen molar-refractivity contribution in [1.29, 1.82) is 0 Å². The number of carboxylic acids is 1. The molecule has 0 radical (unpaired) electrons. The minimum atomic E-state index is -1.25. The smallest absolute Gasteiger partial charge is 0.329 e. The van der Waals surface area contributed by atoms with Gasteiger partial charge in [0.2, 0.25) is 0 Å². The number of rotatable bonds is 4. The Kier molecular flexibility index (Phi) is 3.98. The molecule has 4 nitrogen and oxygen atoms in total. The number of benzene rings is 2. The molecule has 0 aliphatic rings. The largest absolute Gasteiger partial charge is 0.480 e. The first-order chi connectivity index (χ1) is 9.89. The Balaban J connectivity index is 2.40. The summed E-state index contributed by atoms with van der Waals surface area (Å²) in [5, 5.41) is 13.9. The zero-order valence-electron chi connectivity index (χ0n) is 12.4. The average molecular weight is 285 g/mol. The molecular weight excluding hydrogens is 266 g/mol. The van der Waals surface area contributed by atoms with Crippen LogP contribution in [0.25, 0.3) is 10.8 Å². The van der Waals surface area contributed by atoms with Gasteiger partial charge >= 0.3 is 5.97 Å². The van der Waals surface area contributed by atoms with Gasteiger partial charge in [0.25, 0.3) is 5.91 Å². The molecule has 1 atom stereocenters. The predicted molar refractivity (Wildman–Crippen MR) is 82.5 cm³/mol. The molecule has 2 aromatic rings. The fourth-order valence-corrected chi connectivity index (χ4v) is 2.28. The molecule has 1 amide bonds. The summed E-state index contributed by atoms with van der Waals surface area (Å²) in [5.74, 6) is -1.39. The van der Waals surface area contributed by atoms with Gasteiger partial charge in [-0.25, -0.2) is 4.79 Å². The molecule has 0 saturated heterocycles. The van der Waals surface area contributed by atoms with Crippen molar-refractivity contribution >= 4 is 22.6 Å². The molecule has 21 heavy (non-hydrogen) atoms.